The van der Waals surface area contributed by atoms with Gasteiger partial charge in [0.2, 0.25) is 0 Å². The minimum Gasteiger partial charge on any atom is -0.234 e. The highest BCUT2D eigenvalue weighted by molar-refractivity contribution is 7.09. The lowest BCUT2D eigenvalue weighted by molar-refractivity contribution is -0.191. The lowest BCUT2D eigenvalue weighted by Gasteiger charge is -1.99. The summed E-state index contributed by atoms with van der Waals surface area (Å²) in [6, 6.07) is 10.1. The fourth-order valence-corrected chi connectivity index (χ4v) is 0.949. The first-order valence-electron chi connectivity index (χ1n) is 3.46. The highest BCUT2D eigenvalue weighted by Gasteiger charge is 1.89. The molecule has 1 atom stereocenters. The van der Waals surface area contributed by atoms with Gasteiger partial charge in [0, 0.05) is 9.47 Å². The van der Waals surface area contributed by atoms with Crippen LogP contribution in [0, 0.1) is 0 Å². The first-order chi connectivity index (χ1) is 5.43. The Labute approximate surface area is 68.7 Å². The molecule has 0 bridgehead atoms. The SMILES string of the molecule is POOCCc1ccccc1. The summed E-state index contributed by atoms with van der Waals surface area (Å²) in [5.41, 5.74) is 1.26. The van der Waals surface area contributed by atoms with Crippen molar-refractivity contribution in [2.75, 3.05) is 6.61 Å². The minimum absolute atomic E-state index is 0.591. The van der Waals surface area contributed by atoms with Gasteiger partial charge in [0.1, 0.15) is 0 Å². The Morgan fingerprint density at radius 3 is 2.55 bits per heavy atom. The van der Waals surface area contributed by atoms with Crippen molar-refractivity contribution in [1.29, 1.82) is 0 Å². The third-order valence-electron chi connectivity index (χ3n) is 1.38. The molecule has 0 spiro atoms. The van der Waals surface area contributed by atoms with E-state index in [0.29, 0.717) is 6.61 Å². The van der Waals surface area contributed by atoms with Crippen molar-refractivity contribution in [3.63, 3.8) is 0 Å². The first kappa shape index (κ1) is 8.66. The van der Waals surface area contributed by atoms with E-state index in [1.807, 2.05) is 27.7 Å². The molecule has 0 heterocycles. The average Bonchev–Trinajstić information content (AvgIpc) is 2.07. The largest absolute Gasteiger partial charge is 0.234 e. The molecule has 2 nitrogen and oxygen atoms in total. The number of rotatable bonds is 4. The maximum absolute atomic E-state index is 4.70. The van der Waals surface area contributed by atoms with E-state index in [1.54, 1.807) is 0 Å². The Morgan fingerprint density at radius 2 is 1.91 bits per heavy atom. The molecule has 0 radical (unpaired) electrons. The molecular weight excluding hydrogens is 159 g/mol. The quantitative estimate of drug-likeness (QED) is 0.297. The number of hydrogen-bond donors (Lipinski definition) is 0. The minimum atomic E-state index is 0.591. The van der Waals surface area contributed by atoms with Crippen LogP contribution in [0.1, 0.15) is 5.56 Å². The summed E-state index contributed by atoms with van der Waals surface area (Å²) < 4.78 is 4.38. The van der Waals surface area contributed by atoms with E-state index >= 15 is 0 Å². The molecule has 0 fully saturated rings. The molecular formula is C8H11O2P. The highest BCUT2D eigenvalue weighted by atomic mass is 31.0. The molecule has 1 aromatic carbocycles. The zero-order chi connectivity index (χ0) is 7.94. The molecule has 0 aliphatic carbocycles. The van der Waals surface area contributed by atoms with Crippen LogP contribution in [-0.4, -0.2) is 6.61 Å². The van der Waals surface area contributed by atoms with Gasteiger partial charge in [-0.2, -0.15) is 0 Å². The number of benzene rings is 1. The summed E-state index contributed by atoms with van der Waals surface area (Å²) >= 11 is 0. The van der Waals surface area contributed by atoms with Crippen LogP contribution in [0.25, 0.3) is 0 Å². The molecule has 11 heavy (non-hydrogen) atoms. The van der Waals surface area contributed by atoms with E-state index in [4.69, 9.17) is 4.89 Å². The summed E-state index contributed by atoms with van der Waals surface area (Å²) in [5, 5.41) is 0. The van der Waals surface area contributed by atoms with Gasteiger partial charge in [-0.25, -0.2) is 9.56 Å². The second kappa shape index (κ2) is 5.25. The summed E-state index contributed by atoms with van der Waals surface area (Å²) in [7, 11) is 2.04. The zero-order valence-corrected chi connectivity index (χ0v) is 7.35. The van der Waals surface area contributed by atoms with Gasteiger partial charge in [-0.05, 0) is 12.0 Å². The molecule has 1 unspecified atom stereocenters. The molecule has 0 amide bonds. The lowest BCUT2D eigenvalue weighted by Crippen LogP contribution is -1.94. The Bertz CT molecular complexity index is 189. The van der Waals surface area contributed by atoms with Crippen molar-refractivity contribution in [2.24, 2.45) is 0 Å². The number of hydrogen-bond acceptors (Lipinski definition) is 2. The summed E-state index contributed by atoms with van der Waals surface area (Å²) in [6.07, 6.45) is 0.884. The third kappa shape index (κ3) is 3.47. The van der Waals surface area contributed by atoms with E-state index in [-0.39, 0.29) is 0 Å². The molecule has 1 aromatic rings. The molecule has 60 valence electrons. The lowest BCUT2D eigenvalue weighted by atomic mass is 10.2. The van der Waals surface area contributed by atoms with Crippen molar-refractivity contribution >= 4 is 9.47 Å². The summed E-state index contributed by atoms with van der Waals surface area (Å²) in [5.74, 6) is 0. The molecule has 0 aliphatic rings. The van der Waals surface area contributed by atoms with Crippen molar-refractivity contribution in [3.05, 3.63) is 35.9 Å². The van der Waals surface area contributed by atoms with Crippen LogP contribution in [0.15, 0.2) is 30.3 Å². The molecule has 0 saturated heterocycles. The smallest absolute Gasteiger partial charge is 0.0865 e. The fourth-order valence-electron chi connectivity index (χ4n) is 0.852. The second-order valence-electron chi connectivity index (χ2n) is 2.15. The van der Waals surface area contributed by atoms with Crippen LogP contribution >= 0.6 is 9.47 Å². The van der Waals surface area contributed by atoms with Crippen LogP contribution in [0.4, 0.5) is 0 Å². The average molecular weight is 170 g/mol. The predicted octanol–water partition coefficient (Wildman–Crippen LogP) is 1.97. The highest BCUT2D eigenvalue weighted by Crippen LogP contribution is 2.00. The molecule has 0 aromatic heterocycles. The first-order valence-corrected chi connectivity index (χ1v) is 3.93. The van der Waals surface area contributed by atoms with E-state index in [0.717, 1.165) is 6.42 Å². The van der Waals surface area contributed by atoms with Gasteiger partial charge < -0.3 is 0 Å². The van der Waals surface area contributed by atoms with Gasteiger partial charge >= 0.3 is 0 Å². The molecule has 3 heteroatoms. The van der Waals surface area contributed by atoms with Crippen molar-refractivity contribution < 1.29 is 9.56 Å². The summed E-state index contributed by atoms with van der Waals surface area (Å²) in [6.45, 7) is 0.591. The van der Waals surface area contributed by atoms with Gasteiger partial charge in [0.05, 0.1) is 6.61 Å². The van der Waals surface area contributed by atoms with E-state index < -0.39 is 0 Å². The molecule has 0 N–H and O–H groups in total. The molecule has 1 rings (SSSR count). The van der Waals surface area contributed by atoms with Crippen LogP contribution in [0.2, 0.25) is 0 Å². The maximum Gasteiger partial charge on any atom is 0.0865 e. The third-order valence-corrected chi connectivity index (χ3v) is 1.52. The second-order valence-corrected chi connectivity index (χ2v) is 2.35. The normalized spacial score (nSPS) is 9.91. The fraction of sp³-hybridized carbons (Fsp3) is 0.250. The summed E-state index contributed by atoms with van der Waals surface area (Å²) in [4.78, 5) is 4.70. The van der Waals surface area contributed by atoms with Gasteiger partial charge in [-0.1, -0.05) is 30.3 Å². The molecule has 0 saturated carbocycles. The van der Waals surface area contributed by atoms with E-state index in [9.17, 15) is 0 Å². The van der Waals surface area contributed by atoms with Crippen LogP contribution in [-0.2, 0) is 16.0 Å². The Hall–Kier alpha value is -0.430. The van der Waals surface area contributed by atoms with Gasteiger partial charge in [0.25, 0.3) is 0 Å². The molecule has 0 aliphatic heterocycles. The zero-order valence-electron chi connectivity index (χ0n) is 6.19. The monoisotopic (exact) mass is 170 g/mol. The van der Waals surface area contributed by atoms with E-state index in [1.165, 1.54) is 5.56 Å². The van der Waals surface area contributed by atoms with Crippen LogP contribution < -0.4 is 0 Å². The predicted molar refractivity (Wildman–Crippen MR) is 46.9 cm³/mol. The standard InChI is InChI=1S/C8H11O2P/c11-10-9-7-6-8-4-2-1-3-5-8/h1-5H,6-7,11H2. The van der Waals surface area contributed by atoms with Crippen molar-refractivity contribution in [2.45, 2.75) is 6.42 Å². The Morgan fingerprint density at radius 1 is 1.18 bits per heavy atom. The maximum atomic E-state index is 4.70. The topological polar surface area (TPSA) is 18.5 Å². The van der Waals surface area contributed by atoms with Crippen LogP contribution in [0.3, 0.4) is 0 Å². The Kier molecular flexibility index (Phi) is 4.14. The van der Waals surface area contributed by atoms with Crippen molar-refractivity contribution in [1.82, 2.24) is 0 Å². The van der Waals surface area contributed by atoms with Gasteiger partial charge in [-0.15, -0.1) is 0 Å². The van der Waals surface area contributed by atoms with Gasteiger partial charge in [0.15, 0.2) is 0 Å². The van der Waals surface area contributed by atoms with Crippen molar-refractivity contribution in [3.8, 4) is 0 Å². The van der Waals surface area contributed by atoms with Gasteiger partial charge in [-0.3, -0.25) is 0 Å². The van der Waals surface area contributed by atoms with Crippen LogP contribution in [0.5, 0.6) is 0 Å². The Balaban J connectivity index is 2.28. The van der Waals surface area contributed by atoms with E-state index in [2.05, 4.69) is 16.8 Å².